The maximum Gasteiger partial charge on any atom is 0.342 e. The van der Waals surface area contributed by atoms with Crippen molar-refractivity contribution in [2.75, 3.05) is 25.6 Å². The van der Waals surface area contributed by atoms with E-state index in [1.807, 2.05) is 5.32 Å². The van der Waals surface area contributed by atoms with Crippen molar-refractivity contribution in [1.82, 2.24) is 5.32 Å². The minimum absolute atomic E-state index is 0.233. The van der Waals surface area contributed by atoms with E-state index in [1.165, 1.54) is 25.3 Å². The van der Waals surface area contributed by atoms with Crippen LogP contribution < -0.4 is 15.4 Å². The minimum Gasteiger partial charge on any atom is -0.507 e. The van der Waals surface area contributed by atoms with Crippen LogP contribution in [0.4, 0.5) is 18.9 Å². The number of esters is 1. The van der Waals surface area contributed by atoms with Crippen molar-refractivity contribution in [1.29, 1.82) is 0 Å². The fourth-order valence-corrected chi connectivity index (χ4v) is 2.06. The number of methoxy groups -OCH3 is 1. The first-order chi connectivity index (χ1) is 13.7. The number of carbonyl (C=O) groups excluding carboxylic acids is 3. The summed E-state index contributed by atoms with van der Waals surface area (Å²) in [5, 5.41) is 13.7. The predicted molar refractivity (Wildman–Crippen MR) is 92.9 cm³/mol. The Hall–Kier alpha value is -3.76. The molecule has 2 rings (SSSR count). The smallest absolute Gasteiger partial charge is 0.342 e. The van der Waals surface area contributed by atoms with E-state index in [1.54, 1.807) is 0 Å². The molecule has 8 nitrogen and oxygen atoms in total. The van der Waals surface area contributed by atoms with Gasteiger partial charge < -0.3 is 25.2 Å². The van der Waals surface area contributed by atoms with Gasteiger partial charge in [0.15, 0.2) is 24.1 Å². The predicted octanol–water partition coefficient (Wildman–Crippen LogP) is 1.73. The molecule has 29 heavy (non-hydrogen) atoms. The van der Waals surface area contributed by atoms with Crippen LogP contribution in [0.2, 0.25) is 0 Å². The molecule has 0 spiro atoms. The average Bonchev–Trinajstić information content (AvgIpc) is 2.71. The van der Waals surface area contributed by atoms with Gasteiger partial charge in [0, 0.05) is 0 Å². The summed E-state index contributed by atoms with van der Waals surface area (Å²) >= 11 is 0. The molecule has 154 valence electrons. The number of benzene rings is 2. The van der Waals surface area contributed by atoms with Gasteiger partial charge in [0.1, 0.15) is 17.1 Å². The van der Waals surface area contributed by atoms with Gasteiger partial charge in [-0.1, -0.05) is 0 Å². The lowest BCUT2D eigenvalue weighted by molar-refractivity contribution is -0.126. The summed E-state index contributed by atoms with van der Waals surface area (Å²) in [4.78, 5) is 35.3. The molecule has 0 unspecified atom stereocenters. The first-order valence-corrected chi connectivity index (χ1v) is 7.97. The third-order valence-electron chi connectivity index (χ3n) is 3.51. The summed E-state index contributed by atoms with van der Waals surface area (Å²) in [6.07, 6.45) is 0. The minimum atomic E-state index is -1.75. The normalized spacial score (nSPS) is 10.2. The maximum atomic E-state index is 13.5. The molecule has 0 saturated carbocycles. The van der Waals surface area contributed by atoms with E-state index < -0.39 is 54.1 Å². The van der Waals surface area contributed by atoms with E-state index in [0.29, 0.717) is 6.07 Å². The molecule has 0 aromatic heterocycles. The van der Waals surface area contributed by atoms with Crippen LogP contribution in [-0.4, -0.2) is 43.2 Å². The third kappa shape index (κ3) is 5.61. The van der Waals surface area contributed by atoms with Crippen molar-refractivity contribution in [3.05, 3.63) is 53.3 Å². The van der Waals surface area contributed by atoms with E-state index in [0.717, 1.165) is 6.07 Å². The van der Waals surface area contributed by atoms with Gasteiger partial charge in [-0.15, -0.1) is 0 Å². The van der Waals surface area contributed by atoms with Crippen LogP contribution in [0.25, 0.3) is 0 Å². The molecule has 0 radical (unpaired) electrons. The zero-order chi connectivity index (χ0) is 21.6. The van der Waals surface area contributed by atoms with Crippen LogP contribution in [0.15, 0.2) is 30.3 Å². The lowest BCUT2D eigenvalue weighted by atomic mass is 10.2. The fourth-order valence-electron chi connectivity index (χ4n) is 2.06. The van der Waals surface area contributed by atoms with E-state index >= 15 is 0 Å². The number of amides is 2. The Bertz CT molecular complexity index is 951. The summed E-state index contributed by atoms with van der Waals surface area (Å²) in [6.45, 7) is -1.43. The summed E-state index contributed by atoms with van der Waals surface area (Å²) in [5.41, 5.74) is -0.841. The van der Waals surface area contributed by atoms with Gasteiger partial charge in [0.2, 0.25) is 5.91 Å². The van der Waals surface area contributed by atoms with Crippen molar-refractivity contribution in [2.45, 2.75) is 0 Å². The molecule has 0 bridgehead atoms. The van der Waals surface area contributed by atoms with Crippen LogP contribution >= 0.6 is 0 Å². The second kappa shape index (κ2) is 9.44. The molecule has 0 fully saturated rings. The first kappa shape index (κ1) is 21.5. The second-order valence-corrected chi connectivity index (χ2v) is 5.51. The number of anilines is 1. The number of phenols is 1. The number of carbonyl (C=O) groups is 3. The molecular formula is C18H15F3N2O6. The first-order valence-electron chi connectivity index (χ1n) is 7.97. The summed E-state index contributed by atoms with van der Waals surface area (Å²) < 4.78 is 49.0. The Balaban J connectivity index is 1.83. The Morgan fingerprint density at radius 1 is 1.03 bits per heavy atom. The van der Waals surface area contributed by atoms with E-state index in [9.17, 15) is 32.7 Å². The van der Waals surface area contributed by atoms with Crippen molar-refractivity contribution >= 4 is 23.5 Å². The molecule has 3 N–H and O–H groups in total. The van der Waals surface area contributed by atoms with Crippen LogP contribution in [0.5, 0.6) is 11.5 Å². The molecule has 0 saturated heterocycles. The molecule has 0 heterocycles. The highest BCUT2D eigenvalue weighted by Crippen LogP contribution is 2.23. The zero-order valence-electron chi connectivity index (χ0n) is 14.9. The number of ether oxygens (including phenoxy) is 2. The summed E-state index contributed by atoms with van der Waals surface area (Å²) in [7, 11) is 1.35. The van der Waals surface area contributed by atoms with Gasteiger partial charge in [-0.3, -0.25) is 9.59 Å². The largest absolute Gasteiger partial charge is 0.507 e. The third-order valence-corrected chi connectivity index (χ3v) is 3.51. The molecular weight excluding hydrogens is 397 g/mol. The summed E-state index contributed by atoms with van der Waals surface area (Å²) in [6, 6.07) is 5.26. The maximum absolute atomic E-state index is 13.5. The van der Waals surface area contributed by atoms with Crippen LogP contribution in [0, 0.1) is 17.5 Å². The number of aromatic hydroxyl groups is 1. The number of phenolic OH excluding ortho intramolecular Hbond substituents is 1. The molecule has 0 aliphatic heterocycles. The number of hydrogen-bond acceptors (Lipinski definition) is 6. The molecule has 11 heteroatoms. The topological polar surface area (TPSA) is 114 Å². The van der Waals surface area contributed by atoms with Crippen molar-refractivity contribution in [3.63, 3.8) is 0 Å². The molecule has 2 aromatic rings. The Morgan fingerprint density at radius 3 is 2.45 bits per heavy atom. The number of nitrogens with one attached hydrogen (secondary N) is 2. The summed E-state index contributed by atoms with van der Waals surface area (Å²) in [5.74, 6) is -7.68. The highest BCUT2D eigenvalue weighted by atomic mass is 19.2. The van der Waals surface area contributed by atoms with E-state index in [-0.39, 0.29) is 17.1 Å². The number of rotatable bonds is 7. The SMILES string of the molecule is COc1ccc(O)c(C(=O)OCC(=O)NCC(=O)Nc2ccc(F)c(F)c2F)c1. The lowest BCUT2D eigenvalue weighted by Crippen LogP contribution is -2.35. The Labute approximate surface area is 162 Å². The Kier molecular flexibility index (Phi) is 7.01. The van der Waals surface area contributed by atoms with Gasteiger partial charge in [-0.2, -0.15) is 0 Å². The molecule has 0 aliphatic rings. The number of halogens is 3. The van der Waals surface area contributed by atoms with Gasteiger partial charge in [0.05, 0.1) is 19.3 Å². The van der Waals surface area contributed by atoms with Gasteiger partial charge >= 0.3 is 5.97 Å². The van der Waals surface area contributed by atoms with Gasteiger partial charge in [0.25, 0.3) is 5.91 Å². The zero-order valence-corrected chi connectivity index (χ0v) is 14.9. The van der Waals surface area contributed by atoms with Crippen LogP contribution in [0.1, 0.15) is 10.4 Å². The highest BCUT2D eigenvalue weighted by molar-refractivity contribution is 5.96. The van der Waals surface area contributed by atoms with Crippen molar-refractivity contribution < 1.29 is 42.1 Å². The standard InChI is InChI=1S/C18H15F3N2O6/c1-28-9-2-5-13(24)10(6-9)18(27)29-8-15(26)22-7-14(25)23-12-4-3-11(19)16(20)17(12)21/h2-6,24H,7-8H2,1H3,(H,22,26)(H,23,25). The van der Waals surface area contributed by atoms with Crippen LogP contribution in [0.3, 0.4) is 0 Å². The highest BCUT2D eigenvalue weighted by Gasteiger charge is 2.17. The number of hydrogen-bond donors (Lipinski definition) is 3. The lowest BCUT2D eigenvalue weighted by Gasteiger charge is -2.10. The second-order valence-electron chi connectivity index (χ2n) is 5.51. The quantitative estimate of drug-likeness (QED) is 0.472. The molecule has 2 amide bonds. The van der Waals surface area contributed by atoms with Crippen LogP contribution in [-0.2, 0) is 14.3 Å². The van der Waals surface area contributed by atoms with Crippen molar-refractivity contribution in [2.24, 2.45) is 0 Å². The molecule has 0 atom stereocenters. The van der Waals surface area contributed by atoms with E-state index in [4.69, 9.17) is 9.47 Å². The fraction of sp³-hybridized carbons (Fsp3) is 0.167. The molecule has 0 aliphatic carbocycles. The average molecular weight is 412 g/mol. The van der Waals surface area contributed by atoms with E-state index in [2.05, 4.69) is 5.32 Å². The monoisotopic (exact) mass is 412 g/mol. The van der Waals surface area contributed by atoms with Gasteiger partial charge in [-0.25, -0.2) is 18.0 Å². The molecule has 2 aromatic carbocycles. The van der Waals surface area contributed by atoms with Crippen molar-refractivity contribution in [3.8, 4) is 11.5 Å². The Morgan fingerprint density at radius 2 is 1.76 bits per heavy atom. The van der Waals surface area contributed by atoms with Gasteiger partial charge in [-0.05, 0) is 30.3 Å².